The molecule has 0 aliphatic carbocycles. The topological polar surface area (TPSA) is 72.8 Å². The van der Waals surface area contributed by atoms with E-state index in [1.165, 1.54) is 32.1 Å². The monoisotopic (exact) mass is 368 g/mol. The minimum Gasteiger partial charge on any atom is -0.466 e. The zero-order valence-corrected chi connectivity index (χ0v) is 16.8. The standard InChI is InChI=1S/C21H36O5/c1-4-25-19(22)15-13-11-9-7-5-6-8-10-12-14-16-21(24)18(3)17(2)20(23)26-21/h24H,4-16H2,1-3H3. The molecule has 150 valence electrons. The molecule has 5 heteroatoms. The molecule has 0 fully saturated rings. The minimum atomic E-state index is -1.37. The maximum Gasteiger partial charge on any atom is 0.336 e. The molecule has 1 N–H and O–H groups in total. The maximum absolute atomic E-state index is 11.5. The third-order valence-corrected chi connectivity index (χ3v) is 5.17. The van der Waals surface area contributed by atoms with Gasteiger partial charge >= 0.3 is 11.9 Å². The van der Waals surface area contributed by atoms with E-state index in [-0.39, 0.29) is 5.97 Å². The van der Waals surface area contributed by atoms with E-state index in [0.717, 1.165) is 32.1 Å². The van der Waals surface area contributed by atoms with Crippen molar-refractivity contribution in [2.45, 2.75) is 104 Å². The van der Waals surface area contributed by atoms with E-state index in [1.807, 2.05) is 6.92 Å². The zero-order chi connectivity index (χ0) is 19.4. The Bertz CT molecular complexity index is 483. The minimum absolute atomic E-state index is 0.0784. The van der Waals surface area contributed by atoms with E-state index in [9.17, 15) is 14.7 Å². The Morgan fingerprint density at radius 2 is 1.46 bits per heavy atom. The van der Waals surface area contributed by atoms with E-state index in [2.05, 4.69) is 0 Å². The fraction of sp³-hybridized carbons (Fsp3) is 0.810. The van der Waals surface area contributed by atoms with E-state index in [4.69, 9.17) is 9.47 Å². The summed E-state index contributed by atoms with van der Waals surface area (Å²) in [6.07, 6.45) is 12.2. The van der Waals surface area contributed by atoms with Crippen LogP contribution in [0, 0.1) is 0 Å². The highest BCUT2D eigenvalue weighted by atomic mass is 16.7. The number of cyclic esters (lactones) is 1. The molecule has 1 atom stereocenters. The average molecular weight is 369 g/mol. The van der Waals surface area contributed by atoms with Crippen LogP contribution in [0.25, 0.3) is 0 Å². The normalized spacial score (nSPS) is 19.8. The van der Waals surface area contributed by atoms with Gasteiger partial charge in [-0.3, -0.25) is 4.79 Å². The summed E-state index contributed by atoms with van der Waals surface area (Å²) in [5, 5.41) is 10.4. The van der Waals surface area contributed by atoms with E-state index >= 15 is 0 Å². The summed E-state index contributed by atoms with van der Waals surface area (Å²) in [4.78, 5) is 22.7. The number of hydrogen-bond acceptors (Lipinski definition) is 5. The molecular formula is C21H36O5. The molecule has 26 heavy (non-hydrogen) atoms. The van der Waals surface area contributed by atoms with Crippen molar-refractivity contribution in [1.82, 2.24) is 0 Å². The molecule has 0 saturated carbocycles. The van der Waals surface area contributed by atoms with Crippen molar-refractivity contribution in [3.05, 3.63) is 11.1 Å². The van der Waals surface area contributed by atoms with E-state index < -0.39 is 11.8 Å². The second kappa shape index (κ2) is 12.1. The molecule has 0 bridgehead atoms. The summed E-state index contributed by atoms with van der Waals surface area (Å²) in [6.45, 7) is 5.78. The van der Waals surface area contributed by atoms with Crippen molar-refractivity contribution in [3.63, 3.8) is 0 Å². The first kappa shape index (κ1) is 22.7. The Kier molecular flexibility index (Phi) is 10.6. The number of carbonyl (C=O) groups excluding carboxylic acids is 2. The second-order valence-corrected chi connectivity index (χ2v) is 7.26. The van der Waals surface area contributed by atoms with Crippen LogP contribution in [0.5, 0.6) is 0 Å². The molecule has 0 aromatic carbocycles. The van der Waals surface area contributed by atoms with Crippen molar-refractivity contribution < 1.29 is 24.2 Å². The lowest BCUT2D eigenvalue weighted by atomic mass is 9.98. The molecule has 1 aliphatic heterocycles. The Balaban J connectivity index is 1.91. The van der Waals surface area contributed by atoms with E-state index in [1.54, 1.807) is 13.8 Å². The van der Waals surface area contributed by atoms with Gasteiger partial charge in [-0.1, -0.05) is 51.4 Å². The lowest BCUT2D eigenvalue weighted by molar-refractivity contribution is -0.183. The second-order valence-electron chi connectivity index (χ2n) is 7.26. The first-order valence-corrected chi connectivity index (χ1v) is 10.2. The summed E-state index contributed by atoms with van der Waals surface area (Å²) in [6, 6.07) is 0. The number of hydrogen-bond donors (Lipinski definition) is 1. The molecule has 5 nitrogen and oxygen atoms in total. The van der Waals surface area contributed by atoms with Gasteiger partial charge in [0.2, 0.25) is 5.79 Å². The van der Waals surface area contributed by atoms with Crippen LogP contribution in [0.4, 0.5) is 0 Å². The van der Waals surface area contributed by atoms with Gasteiger partial charge in [0, 0.05) is 24.0 Å². The predicted molar refractivity (Wildman–Crippen MR) is 101 cm³/mol. The molecule has 0 aromatic rings. The van der Waals surface area contributed by atoms with Gasteiger partial charge in [0.15, 0.2) is 0 Å². The average Bonchev–Trinajstić information content (AvgIpc) is 2.79. The molecule has 0 amide bonds. The summed E-state index contributed by atoms with van der Waals surface area (Å²) < 4.78 is 10.0. The summed E-state index contributed by atoms with van der Waals surface area (Å²) in [5.74, 6) is -1.84. The number of aliphatic hydroxyl groups is 1. The van der Waals surface area contributed by atoms with Gasteiger partial charge in [0.1, 0.15) is 0 Å². The molecular weight excluding hydrogens is 332 g/mol. The smallest absolute Gasteiger partial charge is 0.336 e. The van der Waals surface area contributed by atoms with Crippen LogP contribution in [-0.4, -0.2) is 29.4 Å². The quantitative estimate of drug-likeness (QED) is 0.352. The highest BCUT2D eigenvalue weighted by molar-refractivity contribution is 5.91. The molecule has 1 aliphatic rings. The third kappa shape index (κ3) is 7.90. The van der Waals surface area contributed by atoms with Crippen molar-refractivity contribution >= 4 is 11.9 Å². The van der Waals surface area contributed by atoms with Gasteiger partial charge in [-0.05, 0) is 33.6 Å². The van der Waals surface area contributed by atoms with E-state index in [0.29, 0.717) is 30.6 Å². The largest absolute Gasteiger partial charge is 0.466 e. The first-order chi connectivity index (χ1) is 12.4. The van der Waals surface area contributed by atoms with Crippen LogP contribution in [0.15, 0.2) is 11.1 Å². The molecule has 1 unspecified atom stereocenters. The van der Waals surface area contributed by atoms with Gasteiger partial charge < -0.3 is 14.6 Å². The Morgan fingerprint density at radius 1 is 0.962 bits per heavy atom. The van der Waals surface area contributed by atoms with Gasteiger partial charge in [-0.15, -0.1) is 0 Å². The number of carbonyl (C=O) groups is 2. The molecule has 0 radical (unpaired) electrons. The highest BCUT2D eigenvalue weighted by Crippen LogP contribution is 2.34. The highest BCUT2D eigenvalue weighted by Gasteiger charge is 2.41. The number of rotatable bonds is 14. The Morgan fingerprint density at radius 3 is 1.92 bits per heavy atom. The van der Waals surface area contributed by atoms with Gasteiger partial charge in [0.05, 0.1) is 6.61 Å². The third-order valence-electron chi connectivity index (χ3n) is 5.17. The Labute approximate surface area is 158 Å². The van der Waals surface area contributed by atoms with Crippen LogP contribution in [0.3, 0.4) is 0 Å². The van der Waals surface area contributed by atoms with Crippen molar-refractivity contribution in [3.8, 4) is 0 Å². The van der Waals surface area contributed by atoms with Crippen molar-refractivity contribution in [2.24, 2.45) is 0 Å². The molecule has 0 spiro atoms. The fourth-order valence-corrected chi connectivity index (χ4v) is 3.27. The Hall–Kier alpha value is -1.36. The first-order valence-electron chi connectivity index (χ1n) is 10.2. The number of esters is 2. The SMILES string of the molecule is CCOC(=O)CCCCCCCCCCCCC1(O)OC(=O)C(C)=C1C. The number of ether oxygens (including phenoxy) is 2. The van der Waals surface area contributed by atoms with Crippen LogP contribution < -0.4 is 0 Å². The summed E-state index contributed by atoms with van der Waals surface area (Å²) >= 11 is 0. The van der Waals surface area contributed by atoms with Crippen LogP contribution in [-0.2, 0) is 19.1 Å². The zero-order valence-electron chi connectivity index (χ0n) is 16.8. The van der Waals surface area contributed by atoms with Gasteiger partial charge in [-0.25, -0.2) is 4.79 Å². The molecule has 1 rings (SSSR count). The fourth-order valence-electron chi connectivity index (χ4n) is 3.27. The van der Waals surface area contributed by atoms with Gasteiger partial charge in [0.25, 0.3) is 0 Å². The molecule has 1 heterocycles. The van der Waals surface area contributed by atoms with Crippen molar-refractivity contribution in [1.29, 1.82) is 0 Å². The number of unbranched alkanes of at least 4 members (excludes halogenated alkanes) is 9. The lowest BCUT2D eigenvalue weighted by Gasteiger charge is -2.23. The summed E-state index contributed by atoms with van der Waals surface area (Å²) in [5.41, 5.74) is 1.19. The predicted octanol–water partition coefficient (Wildman–Crippen LogP) is 4.81. The van der Waals surface area contributed by atoms with Crippen LogP contribution in [0.1, 0.15) is 97.8 Å². The van der Waals surface area contributed by atoms with Crippen molar-refractivity contribution in [2.75, 3.05) is 6.61 Å². The van der Waals surface area contributed by atoms with Crippen LogP contribution in [0.2, 0.25) is 0 Å². The molecule has 0 aromatic heterocycles. The lowest BCUT2D eigenvalue weighted by Crippen LogP contribution is -2.30. The van der Waals surface area contributed by atoms with Gasteiger partial charge in [-0.2, -0.15) is 0 Å². The summed E-state index contributed by atoms with van der Waals surface area (Å²) in [7, 11) is 0. The molecule has 0 saturated heterocycles. The maximum atomic E-state index is 11.5. The van der Waals surface area contributed by atoms with Crippen LogP contribution >= 0.6 is 0 Å².